The third-order valence-corrected chi connectivity index (χ3v) is 4.72. The molecule has 0 bridgehead atoms. The van der Waals surface area contributed by atoms with Gasteiger partial charge in [-0.25, -0.2) is 8.42 Å². The van der Waals surface area contributed by atoms with Crippen LogP contribution in [0.25, 0.3) is 0 Å². The van der Waals surface area contributed by atoms with Crippen LogP contribution in [-0.2, 0) is 14.8 Å². The highest BCUT2D eigenvalue weighted by Crippen LogP contribution is 2.20. The standard InChI is InChI=1S/C13H19NO4S/c1-11(2)18-12-3-5-13(6-4-12)19(15,16)14-7-9-17-10-8-14/h3-6,11H,7-10H2,1-2H3. The van der Waals surface area contributed by atoms with Crippen LogP contribution in [0.2, 0.25) is 0 Å². The minimum absolute atomic E-state index is 0.0710. The summed E-state index contributed by atoms with van der Waals surface area (Å²) in [5, 5.41) is 0. The van der Waals surface area contributed by atoms with Gasteiger partial charge in [-0.05, 0) is 38.1 Å². The summed E-state index contributed by atoms with van der Waals surface area (Å²) in [5.74, 6) is 0.677. The van der Waals surface area contributed by atoms with Gasteiger partial charge in [-0.15, -0.1) is 0 Å². The number of nitrogens with zero attached hydrogens (tertiary/aromatic N) is 1. The molecule has 0 atom stereocenters. The third-order valence-electron chi connectivity index (χ3n) is 2.80. The van der Waals surface area contributed by atoms with Crippen molar-refractivity contribution in [3.8, 4) is 5.75 Å². The Morgan fingerprint density at radius 3 is 2.26 bits per heavy atom. The van der Waals surface area contributed by atoms with E-state index in [1.807, 2.05) is 13.8 Å². The molecule has 1 saturated heterocycles. The van der Waals surface area contributed by atoms with Gasteiger partial charge in [-0.1, -0.05) is 0 Å². The number of hydrogen-bond donors (Lipinski definition) is 0. The zero-order valence-corrected chi connectivity index (χ0v) is 12.0. The molecule has 0 saturated carbocycles. The van der Waals surface area contributed by atoms with Crippen LogP contribution in [0.1, 0.15) is 13.8 Å². The molecule has 0 N–H and O–H groups in total. The highest BCUT2D eigenvalue weighted by atomic mass is 32.2. The molecule has 1 aromatic carbocycles. The minimum atomic E-state index is -3.41. The monoisotopic (exact) mass is 285 g/mol. The molecule has 19 heavy (non-hydrogen) atoms. The lowest BCUT2D eigenvalue weighted by Gasteiger charge is -2.26. The fourth-order valence-corrected chi connectivity index (χ4v) is 3.31. The van der Waals surface area contributed by atoms with E-state index in [0.717, 1.165) is 0 Å². The van der Waals surface area contributed by atoms with Gasteiger partial charge < -0.3 is 9.47 Å². The lowest BCUT2D eigenvalue weighted by molar-refractivity contribution is 0.0730. The van der Waals surface area contributed by atoms with E-state index in [-0.39, 0.29) is 6.10 Å². The lowest BCUT2D eigenvalue weighted by Crippen LogP contribution is -2.40. The first-order valence-corrected chi connectivity index (χ1v) is 7.79. The Kier molecular flexibility index (Phi) is 4.44. The third kappa shape index (κ3) is 3.46. The van der Waals surface area contributed by atoms with Crippen molar-refractivity contribution in [1.82, 2.24) is 4.31 Å². The number of hydrogen-bond acceptors (Lipinski definition) is 4. The molecule has 106 valence electrons. The summed E-state index contributed by atoms with van der Waals surface area (Å²) >= 11 is 0. The zero-order valence-electron chi connectivity index (χ0n) is 11.2. The Labute approximate surface area is 114 Å². The van der Waals surface area contributed by atoms with Crippen molar-refractivity contribution in [1.29, 1.82) is 0 Å². The molecule has 0 amide bonds. The van der Waals surface area contributed by atoms with Crippen molar-refractivity contribution in [2.45, 2.75) is 24.8 Å². The van der Waals surface area contributed by atoms with Crippen molar-refractivity contribution < 1.29 is 17.9 Å². The van der Waals surface area contributed by atoms with Gasteiger partial charge in [0.2, 0.25) is 10.0 Å². The van der Waals surface area contributed by atoms with Crippen LogP contribution in [-0.4, -0.2) is 45.1 Å². The van der Waals surface area contributed by atoms with Gasteiger partial charge in [-0.2, -0.15) is 4.31 Å². The Morgan fingerprint density at radius 2 is 1.74 bits per heavy atom. The Balaban J connectivity index is 2.16. The molecule has 1 aliphatic heterocycles. The van der Waals surface area contributed by atoms with Crippen LogP contribution in [0, 0.1) is 0 Å². The summed E-state index contributed by atoms with van der Waals surface area (Å²) in [6, 6.07) is 6.55. The molecule has 0 aromatic heterocycles. The zero-order chi connectivity index (χ0) is 13.9. The molecule has 2 rings (SSSR count). The largest absolute Gasteiger partial charge is 0.491 e. The predicted molar refractivity (Wildman–Crippen MR) is 71.8 cm³/mol. The van der Waals surface area contributed by atoms with Crippen LogP contribution < -0.4 is 4.74 Å². The molecule has 0 spiro atoms. The fourth-order valence-electron chi connectivity index (χ4n) is 1.90. The SMILES string of the molecule is CC(C)Oc1ccc(S(=O)(=O)N2CCOCC2)cc1. The van der Waals surface area contributed by atoms with E-state index in [1.165, 1.54) is 4.31 Å². The van der Waals surface area contributed by atoms with E-state index < -0.39 is 10.0 Å². The van der Waals surface area contributed by atoms with Gasteiger partial charge in [0, 0.05) is 13.1 Å². The van der Waals surface area contributed by atoms with Gasteiger partial charge in [-0.3, -0.25) is 0 Å². The second-order valence-electron chi connectivity index (χ2n) is 4.65. The fraction of sp³-hybridized carbons (Fsp3) is 0.538. The first-order valence-electron chi connectivity index (χ1n) is 6.35. The van der Waals surface area contributed by atoms with E-state index in [9.17, 15) is 8.42 Å². The molecule has 1 aliphatic rings. The quantitative estimate of drug-likeness (QED) is 0.841. The maximum absolute atomic E-state index is 12.4. The van der Waals surface area contributed by atoms with Crippen LogP contribution in [0.15, 0.2) is 29.2 Å². The number of morpholine rings is 1. The summed E-state index contributed by atoms with van der Waals surface area (Å²) in [5.41, 5.74) is 0. The molecule has 1 aromatic rings. The maximum Gasteiger partial charge on any atom is 0.243 e. The van der Waals surface area contributed by atoms with Crippen molar-refractivity contribution in [2.24, 2.45) is 0 Å². The van der Waals surface area contributed by atoms with Crippen LogP contribution in [0.4, 0.5) is 0 Å². The van der Waals surface area contributed by atoms with Gasteiger partial charge in [0.15, 0.2) is 0 Å². The van der Waals surface area contributed by atoms with Crippen LogP contribution >= 0.6 is 0 Å². The van der Waals surface area contributed by atoms with Gasteiger partial charge in [0.25, 0.3) is 0 Å². The summed E-state index contributed by atoms with van der Waals surface area (Å²) < 4.78 is 36.8. The Morgan fingerprint density at radius 1 is 1.16 bits per heavy atom. The van der Waals surface area contributed by atoms with Crippen molar-refractivity contribution in [3.63, 3.8) is 0 Å². The van der Waals surface area contributed by atoms with E-state index in [0.29, 0.717) is 36.9 Å². The maximum atomic E-state index is 12.4. The van der Waals surface area contributed by atoms with E-state index in [1.54, 1.807) is 24.3 Å². The molecule has 0 unspecified atom stereocenters. The number of rotatable bonds is 4. The number of benzene rings is 1. The van der Waals surface area contributed by atoms with Gasteiger partial charge in [0.05, 0.1) is 24.2 Å². The topological polar surface area (TPSA) is 55.8 Å². The average Bonchev–Trinajstić information content (AvgIpc) is 2.40. The highest BCUT2D eigenvalue weighted by Gasteiger charge is 2.26. The average molecular weight is 285 g/mol. The van der Waals surface area contributed by atoms with Crippen molar-refractivity contribution >= 4 is 10.0 Å². The lowest BCUT2D eigenvalue weighted by atomic mass is 10.3. The molecule has 6 heteroatoms. The van der Waals surface area contributed by atoms with Crippen molar-refractivity contribution in [3.05, 3.63) is 24.3 Å². The molecule has 1 heterocycles. The summed E-state index contributed by atoms with van der Waals surface area (Å²) in [6.45, 7) is 5.58. The van der Waals surface area contributed by atoms with Crippen molar-refractivity contribution in [2.75, 3.05) is 26.3 Å². The summed E-state index contributed by atoms with van der Waals surface area (Å²) in [4.78, 5) is 0.297. The van der Waals surface area contributed by atoms with Gasteiger partial charge >= 0.3 is 0 Å². The number of ether oxygens (including phenoxy) is 2. The second kappa shape index (κ2) is 5.90. The molecular formula is C13H19NO4S. The van der Waals surface area contributed by atoms with Gasteiger partial charge in [0.1, 0.15) is 5.75 Å². The summed E-state index contributed by atoms with van der Waals surface area (Å²) in [7, 11) is -3.41. The molecule has 0 radical (unpaired) electrons. The molecule has 0 aliphatic carbocycles. The highest BCUT2D eigenvalue weighted by molar-refractivity contribution is 7.89. The molecular weight excluding hydrogens is 266 g/mol. The van der Waals surface area contributed by atoms with E-state index in [2.05, 4.69) is 0 Å². The van der Waals surface area contributed by atoms with Crippen LogP contribution in [0.5, 0.6) is 5.75 Å². The van der Waals surface area contributed by atoms with E-state index in [4.69, 9.17) is 9.47 Å². The smallest absolute Gasteiger partial charge is 0.243 e. The molecule has 1 fully saturated rings. The normalized spacial score (nSPS) is 17.6. The first-order chi connectivity index (χ1) is 9.00. The first kappa shape index (κ1) is 14.3. The Hall–Kier alpha value is -1.11. The van der Waals surface area contributed by atoms with Crippen LogP contribution in [0.3, 0.4) is 0 Å². The predicted octanol–water partition coefficient (Wildman–Crippen LogP) is 1.49. The molecule has 5 nitrogen and oxygen atoms in total. The minimum Gasteiger partial charge on any atom is -0.491 e. The Bertz CT molecular complexity index is 504. The van der Waals surface area contributed by atoms with E-state index >= 15 is 0 Å². The summed E-state index contributed by atoms with van der Waals surface area (Å²) in [6.07, 6.45) is 0.0710. The number of sulfonamides is 1. The second-order valence-corrected chi connectivity index (χ2v) is 6.59.